The first kappa shape index (κ1) is 18.0. The van der Waals surface area contributed by atoms with Gasteiger partial charge in [0.1, 0.15) is 5.60 Å². The molecule has 0 aromatic heterocycles. The third-order valence-corrected chi connectivity index (χ3v) is 4.16. The standard InChI is InChI=1S/C21H24N2O3/c1-21(2,3)26-20(25)23-12-11-15-13-16(9-10-17(15)14-23)19(24)22-18-7-5-4-6-8-18/h4-10,13H,11-12,14H2,1-3H3,(H,22,24). The lowest BCUT2D eigenvalue weighted by atomic mass is 9.97. The Morgan fingerprint density at radius 2 is 1.77 bits per heavy atom. The molecule has 0 bridgehead atoms. The summed E-state index contributed by atoms with van der Waals surface area (Å²) in [5.74, 6) is -0.131. The maximum absolute atomic E-state index is 12.4. The normalized spacial score (nSPS) is 13.7. The van der Waals surface area contributed by atoms with Crippen LogP contribution >= 0.6 is 0 Å². The van der Waals surface area contributed by atoms with Crippen molar-refractivity contribution in [1.82, 2.24) is 4.90 Å². The molecular formula is C21H24N2O3. The lowest BCUT2D eigenvalue weighted by Gasteiger charge is -2.31. The van der Waals surface area contributed by atoms with Crippen molar-refractivity contribution in [2.75, 3.05) is 11.9 Å². The zero-order valence-electron chi connectivity index (χ0n) is 15.4. The highest BCUT2D eigenvalue weighted by Crippen LogP contribution is 2.23. The van der Waals surface area contributed by atoms with Crippen LogP contribution in [0.3, 0.4) is 0 Å². The second kappa shape index (κ2) is 7.20. The van der Waals surface area contributed by atoms with Gasteiger partial charge in [0.2, 0.25) is 0 Å². The average Bonchev–Trinajstić information content (AvgIpc) is 2.60. The van der Waals surface area contributed by atoms with E-state index in [-0.39, 0.29) is 12.0 Å². The van der Waals surface area contributed by atoms with Crippen LogP contribution in [0.15, 0.2) is 48.5 Å². The molecule has 5 nitrogen and oxygen atoms in total. The third-order valence-electron chi connectivity index (χ3n) is 4.16. The van der Waals surface area contributed by atoms with E-state index in [1.54, 1.807) is 11.0 Å². The quantitative estimate of drug-likeness (QED) is 0.880. The number of fused-ring (bicyclic) bond motifs is 1. The topological polar surface area (TPSA) is 58.6 Å². The number of rotatable bonds is 2. The fraction of sp³-hybridized carbons (Fsp3) is 0.333. The predicted octanol–water partition coefficient (Wildman–Crippen LogP) is 4.23. The zero-order valence-corrected chi connectivity index (χ0v) is 15.4. The molecule has 0 spiro atoms. The van der Waals surface area contributed by atoms with Crippen molar-refractivity contribution in [3.05, 3.63) is 65.2 Å². The van der Waals surface area contributed by atoms with E-state index < -0.39 is 5.60 Å². The third kappa shape index (κ3) is 4.42. The van der Waals surface area contributed by atoms with Crippen LogP contribution in [0.25, 0.3) is 0 Å². The number of amides is 2. The maximum Gasteiger partial charge on any atom is 0.410 e. The number of para-hydroxylation sites is 1. The molecule has 0 unspecified atom stereocenters. The lowest BCUT2D eigenvalue weighted by Crippen LogP contribution is -2.39. The molecule has 1 heterocycles. The first-order valence-corrected chi connectivity index (χ1v) is 8.78. The molecule has 1 aliphatic heterocycles. The van der Waals surface area contributed by atoms with Gasteiger partial charge in [0.25, 0.3) is 5.91 Å². The highest BCUT2D eigenvalue weighted by Gasteiger charge is 2.26. The molecule has 0 radical (unpaired) electrons. The van der Waals surface area contributed by atoms with Crippen LogP contribution in [0, 0.1) is 0 Å². The van der Waals surface area contributed by atoms with Gasteiger partial charge in [-0.3, -0.25) is 4.79 Å². The molecule has 3 rings (SSSR count). The van der Waals surface area contributed by atoms with Crippen molar-refractivity contribution in [3.63, 3.8) is 0 Å². The first-order chi connectivity index (χ1) is 12.3. The Kier molecular flexibility index (Phi) is 4.98. The number of ether oxygens (including phenoxy) is 1. The summed E-state index contributed by atoms with van der Waals surface area (Å²) in [6.07, 6.45) is 0.412. The van der Waals surface area contributed by atoms with Gasteiger partial charge in [0.05, 0.1) is 0 Å². The summed E-state index contributed by atoms with van der Waals surface area (Å²) in [5, 5.41) is 2.89. The van der Waals surface area contributed by atoms with Crippen LogP contribution in [-0.2, 0) is 17.7 Å². The number of benzene rings is 2. The van der Waals surface area contributed by atoms with E-state index in [1.807, 2.05) is 63.2 Å². The van der Waals surface area contributed by atoms with Crippen LogP contribution in [0.5, 0.6) is 0 Å². The minimum Gasteiger partial charge on any atom is -0.444 e. The van der Waals surface area contributed by atoms with Gasteiger partial charge in [-0.05, 0) is 62.6 Å². The van der Waals surface area contributed by atoms with Crippen molar-refractivity contribution in [3.8, 4) is 0 Å². The number of hydrogen-bond acceptors (Lipinski definition) is 3. The Hall–Kier alpha value is -2.82. The van der Waals surface area contributed by atoms with Gasteiger partial charge in [-0.1, -0.05) is 24.3 Å². The van der Waals surface area contributed by atoms with Crippen LogP contribution in [-0.4, -0.2) is 29.0 Å². The lowest BCUT2D eigenvalue weighted by molar-refractivity contribution is 0.0224. The fourth-order valence-electron chi connectivity index (χ4n) is 2.90. The van der Waals surface area contributed by atoms with Gasteiger partial charge in [-0.2, -0.15) is 0 Å². The van der Waals surface area contributed by atoms with Crippen LogP contribution in [0.1, 0.15) is 42.3 Å². The monoisotopic (exact) mass is 352 g/mol. The molecule has 1 aliphatic rings. The minimum atomic E-state index is -0.503. The number of nitrogens with one attached hydrogen (secondary N) is 1. The number of anilines is 1. The maximum atomic E-state index is 12.4. The molecular weight excluding hydrogens is 328 g/mol. The highest BCUT2D eigenvalue weighted by molar-refractivity contribution is 6.04. The summed E-state index contributed by atoms with van der Waals surface area (Å²) in [6.45, 7) is 6.68. The van der Waals surface area contributed by atoms with Gasteiger partial charge in [-0.25, -0.2) is 4.79 Å². The number of nitrogens with zero attached hydrogens (tertiary/aromatic N) is 1. The summed E-state index contributed by atoms with van der Waals surface area (Å²) in [5.41, 5.74) is 3.05. The van der Waals surface area contributed by atoms with E-state index in [9.17, 15) is 9.59 Å². The summed E-state index contributed by atoms with van der Waals surface area (Å²) in [7, 11) is 0. The van der Waals surface area contributed by atoms with E-state index in [2.05, 4.69) is 5.32 Å². The fourth-order valence-corrected chi connectivity index (χ4v) is 2.90. The predicted molar refractivity (Wildman–Crippen MR) is 101 cm³/mol. The number of carbonyl (C=O) groups is 2. The van der Waals surface area contributed by atoms with Gasteiger partial charge >= 0.3 is 6.09 Å². The number of carbonyl (C=O) groups excluding carboxylic acids is 2. The Morgan fingerprint density at radius 3 is 2.46 bits per heavy atom. The molecule has 0 atom stereocenters. The van der Waals surface area contributed by atoms with Crippen LogP contribution < -0.4 is 5.32 Å². The van der Waals surface area contributed by atoms with Gasteiger partial charge in [-0.15, -0.1) is 0 Å². The van der Waals surface area contributed by atoms with Crippen LogP contribution in [0.2, 0.25) is 0 Å². The SMILES string of the molecule is CC(C)(C)OC(=O)N1CCc2cc(C(=O)Nc3ccccc3)ccc2C1. The molecule has 0 saturated heterocycles. The second-order valence-corrected chi connectivity index (χ2v) is 7.46. The average molecular weight is 352 g/mol. The van der Waals surface area contributed by atoms with E-state index in [4.69, 9.17) is 4.74 Å². The summed E-state index contributed by atoms with van der Waals surface area (Å²) in [4.78, 5) is 26.4. The zero-order chi connectivity index (χ0) is 18.7. The molecule has 1 N–H and O–H groups in total. The Labute approximate surface area is 154 Å². The molecule has 5 heteroatoms. The van der Waals surface area contributed by atoms with E-state index in [0.29, 0.717) is 25.1 Å². The van der Waals surface area contributed by atoms with Crippen molar-refractivity contribution >= 4 is 17.7 Å². The van der Waals surface area contributed by atoms with Crippen molar-refractivity contribution in [1.29, 1.82) is 0 Å². The number of hydrogen-bond donors (Lipinski definition) is 1. The molecule has 2 aromatic rings. The van der Waals surface area contributed by atoms with Crippen molar-refractivity contribution in [2.45, 2.75) is 39.3 Å². The van der Waals surface area contributed by atoms with Gasteiger partial charge in [0, 0.05) is 24.3 Å². The van der Waals surface area contributed by atoms with E-state index in [0.717, 1.165) is 16.8 Å². The Morgan fingerprint density at radius 1 is 1.04 bits per heavy atom. The largest absolute Gasteiger partial charge is 0.444 e. The smallest absolute Gasteiger partial charge is 0.410 e. The van der Waals surface area contributed by atoms with Crippen molar-refractivity contribution < 1.29 is 14.3 Å². The van der Waals surface area contributed by atoms with E-state index in [1.165, 1.54) is 0 Å². The van der Waals surface area contributed by atoms with Crippen LogP contribution in [0.4, 0.5) is 10.5 Å². The molecule has 0 fully saturated rings. The Bertz CT molecular complexity index is 810. The summed E-state index contributed by atoms with van der Waals surface area (Å²) in [6, 6.07) is 15.0. The summed E-state index contributed by atoms with van der Waals surface area (Å²) >= 11 is 0. The highest BCUT2D eigenvalue weighted by atomic mass is 16.6. The van der Waals surface area contributed by atoms with Gasteiger partial charge < -0.3 is 15.0 Å². The molecule has 0 aliphatic carbocycles. The molecule has 0 saturated carbocycles. The molecule has 26 heavy (non-hydrogen) atoms. The Balaban J connectivity index is 1.69. The molecule has 136 valence electrons. The minimum absolute atomic E-state index is 0.131. The first-order valence-electron chi connectivity index (χ1n) is 8.78. The molecule has 2 aromatic carbocycles. The second-order valence-electron chi connectivity index (χ2n) is 7.46. The van der Waals surface area contributed by atoms with E-state index >= 15 is 0 Å². The van der Waals surface area contributed by atoms with Crippen molar-refractivity contribution in [2.24, 2.45) is 0 Å². The molecule has 2 amide bonds. The summed E-state index contributed by atoms with van der Waals surface area (Å²) < 4.78 is 5.44. The van der Waals surface area contributed by atoms with Gasteiger partial charge in [0.15, 0.2) is 0 Å².